The number of pyridine rings is 1. The van der Waals surface area contributed by atoms with E-state index in [1.54, 1.807) is 15.3 Å². The molecule has 4 rings (SSSR count). The van der Waals surface area contributed by atoms with Crippen LogP contribution in [0.2, 0.25) is 5.02 Å². The summed E-state index contributed by atoms with van der Waals surface area (Å²) < 4.78 is 33.8. The van der Waals surface area contributed by atoms with Gasteiger partial charge in [-0.05, 0) is 57.2 Å². The average molecular weight is 566 g/mol. The second kappa shape index (κ2) is 9.76. The fourth-order valence-electron chi connectivity index (χ4n) is 3.77. The molecule has 1 fully saturated rings. The van der Waals surface area contributed by atoms with Crippen LogP contribution in [0, 0.1) is 10.1 Å². The van der Waals surface area contributed by atoms with Crippen LogP contribution < -0.4 is 9.62 Å². The zero-order chi connectivity index (χ0) is 28.0. The van der Waals surface area contributed by atoms with Gasteiger partial charge in [-0.25, -0.2) is 27.7 Å². The van der Waals surface area contributed by atoms with Gasteiger partial charge in [0.15, 0.2) is 4.90 Å². The standard InChI is InChI=1S/C23H24ClN5O8S/c1-23(2,3)37-21(30)26-38(35,36)19-8-16(24)17(9-18(19)29(33)34)28(22(31)32)12-15-11-27-10-14(13-4-5-13)6-7-20(27)25-15/h6-11,13H,4-5,12H2,1-3H3,(H,26,30)(H,31,32). The molecule has 202 valence electrons. The van der Waals surface area contributed by atoms with Crippen molar-refractivity contribution in [2.45, 2.75) is 56.6 Å². The summed E-state index contributed by atoms with van der Waals surface area (Å²) in [6.45, 7) is 4.18. The molecule has 0 bridgehead atoms. The van der Waals surface area contributed by atoms with Gasteiger partial charge in [0.1, 0.15) is 11.2 Å². The molecule has 1 aromatic carbocycles. The molecule has 0 atom stereocenters. The second-order valence-electron chi connectivity index (χ2n) is 9.74. The summed E-state index contributed by atoms with van der Waals surface area (Å²) in [5, 5.41) is 21.2. The summed E-state index contributed by atoms with van der Waals surface area (Å²) >= 11 is 6.24. The molecular weight excluding hydrogens is 542 g/mol. The van der Waals surface area contributed by atoms with Crippen molar-refractivity contribution in [2.75, 3.05) is 4.90 Å². The molecule has 0 saturated heterocycles. The van der Waals surface area contributed by atoms with E-state index in [4.69, 9.17) is 16.3 Å². The van der Waals surface area contributed by atoms with Crippen LogP contribution in [-0.2, 0) is 21.3 Å². The third-order valence-electron chi connectivity index (χ3n) is 5.55. The molecule has 0 spiro atoms. The van der Waals surface area contributed by atoms with E-state index in [9.17, 15) is 33.2 Å². The van der Waals surface area contributed by atoms with Crippen molar-refractivity contribution in [1.82, 2.24) is 14.1 Å². The number of benzene rings is 1. The first-order chi connectivity index (χ1) is 17.6. The Kier molecular flexibility index (Phi) is 6.97. The maximum absolute atomic E-state index is 12.8. The summed E-state index contributed by atoms with van der Waals surface area (Å²) in [7, 11) is -4.81. The Labute approximate surface area is 222 Å². The van der Waals surface area contributed by atoms with Gasteiger partial charge in [0, 0.05) is 18.5 Å². The van der Waals surface area contributed by atoms with Gasteiger partial charge in [-0.15, -0.1) is 0 Å². The molecule has 15 heteroatoms. The Morgan fingerprint density at radius 3 is 2.55 bits per heavy atom. The van der Waals surface area contributed by atoms with Gasteiger partial charge in [-0.2, -0.15) is 0 Å². The highest BCUT2D eigenvalue weighted by atomic mass is 35.5. The quantitative estimate of drug-likeness (QED) is 0.304. The van der Waals surface area contributed by atoms with E-state index in [1.165, 1.54) is 20.8 Å². The highest BCUT2D eigenvalue weighted by Gasteiger charge is 2.33. The van der Waals surface area contributed by atoms with E-state index in [1.807, 2.05) is 18.3 Å². The van der Waals surface area contributed by atoms with Crippen LogP contribution in [0.3, 0.4) is 0 Å². The number of aromatic nitrogens is 2. The predicted octanol–water partition coefficient (Wildman–Crippen LogP) is 4.67. The highest BCUT2D eigenvalue weighted by Crippen LogP contribution is 2.40. The summed E-state index contributed by atoms with van der Waals surface area (Å²) in [4.78, 5) is 39.1. The number of hydrogen-bond donors (Lipinski definition) is 2. The number of carbonyl (C=O) groups excluding carboxylic acids is 1. The Morgan fingerprint density at radius 2 is 1.97 bits per heavy atom. The number of ether oxygens (including phenoxy) is 1. The van der Waals surface area contributed by atoms with Crippen LogP contribution in [0.1, 0.15) is 50.8 Å². The third kappa shape index (κ3) is 5.97. The number of nitrogens with zero attached hydrogens (tertiary/aromatic N) is 4. The number of amides is 2. The fourth-order valence-corrected chi connectivity index (χ4v) is 5.16. The molecule has 1 aliphatic rings. The van der Waals surface area contributed by atoms with Gasteiger partial charge in [-0.3, -0.25) is 15.0 Å². The minimum absolute atomic E-state index is 0.324. The van der Waals surface area contributed by atoms with Gasteiger partial charge < -0.3 is 14.2 Å². The summed E-state index contributed by atoms with van der Waals surface area (Å²) in [5.41, 5.74) is -0.295. The number of rotatable bonds is 7. The first-order valence-corrected chi connectivity index (χ1v) is 13.2. The van der Waals surface area contributed by atoms with Crippen molar-refractivity contribution >= 4 is 50.8 Å². The van der Waals surface area contributed by atoms with Crippen LogP contribution in [0.5, 0.6) is 0 Å². The molecule has 0 aliphatic heterocycles. The van der Waals surface area contributed by atoms with Gasteiger partial charge >= 0.3 is 12.2 Å². The number of fused-ring (bicyclic) bond motifs is 1. The number of carboxylic acid groups (broad SMARTS) is 1. The van der Waals surface area contributed by atoms with E-state index in [0.717, 1.165) is 29.4 Å². The SMILES string of the molecule is CC(C)(C)OC(=O)NS(=O)(=O)c1cc(Cl)c(N(Cc2cn3cc(C4CC4)ccc3n2)C(=O)O)cc1[N+](=O)[O-]. The number of carbonyl (C=O) groups is 2. The fraction of sp³-hybridized carbons (Fsp3) is 0.348. The minimum Gasteiger partial charge on any atom is -0.465 e. The molecule has 2 aromatic heterocycles. The van der Waals surface area contributed by atoms with E-state index in [0.29, 0.717) is 23.3 Å². The molecule has 38 heavy (non-hydrogen) atoms. The number of anilines is 1. The van der Waals surface area contributed by atoms with Gasteiger partial charge in [-0.1, -0.05) is 17.7 Å². The number of hydrogen-bond acceptors (Lipinski definition) is 8. The van der Waals surface area contributed by atoms with Crippen LogP contribution >= 0.6 is 11.6 Å². The molecule has 1 saturated carbocycles. The van der Waals surface area contributed by atoms with E-state index in [2.05, 4.69) is 4.98 Å². The van der Waals surface area contributed by atoms with Crippen LogP contribution in [0.4, 0.5) is 21.0 Å². The van der Waals surface area contributed by atoms with Crippen molar-refractivity contribution in [2.24, 2.45) is 0 Å². The normalized spacial score (nSPS) is 13.8. The molecule has 0 unspecified atom stereocenters. The van der Waals surface area contributed by atoms with Crippen molar-refractivity contribution in [3.05, 3.63) is 63.1 Å². The van der Waals surface area contributed by atoms with Crippen LogP contribution in [0.15, 0.2) is 41.6 Å². The van der Waals surface area contributed by atoms with Gasteiger partial charge in [0.25, 0.3) is 15.7 Å². The zero-order valence-corrected chi connectivity index (χ0v) is 22.1. The number of halogens is 1. The van der Waals surface area contributed by atoms with Gasteiger partial charge in [0.2, 0.25) is 0 Å². The van der Waals surface area contributed by atoms with Crippen LogP contribution in [0.25, 0.3) is 5.65 Å². The topological polar surface area (TPSA) is 173 Å². The minimum atomic E-state index is -4.81. The van der Waals surface area contributed by atoms with Crippen LogP contribution in [-0.4, -0.2) is 45.6 Å². The number of nitro groups is 1. The lowest BCUT2D eigenvalue weighted by Crippen LogP contribution is -2.36. The first kappa shape index (κ1) is 27.1. The molecule has 2 heterocycles. The molecule has 1 aliphatic carbocycles. The van der Waals surface area contributed by atoms with Crippen molar-refractivity contribution in [1.29, 1.82) is 0 Å². The second-order valence-corrected chi connectivity index (χ2v) is 11.8. The lowest BCUT2D eigenvalue weighted by atomic mass is 10.2. The molecule has 13 nitrogen and oxygen atoms in total. The first-order valence-electron chi connectivity index (χ1n) is 11.4. The molecule has 2 amide bonds. The summed E-state index contributed by atoms with van der Waals surface area (Å²) in [6, 6.07) is 5.21. The largest absolute Gasteiger partial charge is 0.465 e. The molecular formula is C23H24ClN5O8S. The molecule has 2 N–H and O–H groups in total. The average Bonchev–Trinajstić information content (AvgIpc) is 3.55. The Morgan fingerprint density at radius 1 is 1.29 bits per heavy atom. The smallest absolute Gasteiger partial charge is 0.421 e. The molecule has 3 aromatic rings. The Balaban J connectivity index is 1.68. The monoisotopic (exact) mass is 565 g/mol. The summed E-state index contributed by atoms with van der Waals surface area (Å²) in [5.74, 6) is 0.500. The number of imidazole rings is 1. The maximum atomic E-state index is 12.8. The third-order valence-corrected chi connectivity index (χ3v) is 7.19. The van der Waals surface area contributed by atoms with E-state index >= 15 is 0 Å². The van der Waals surface area contributed by atoms with Crippen molar-refractivity contribution in [3.63, 3.8) is 0 Å². The van der Waals surface area contributed by atoms with E-state index in [-0.39, 0.29) is 12.2 Å². The highest BCUT2D eigenvalue weighted by molar-refractivity contribution is 7.90. The van der Waals surface area contributed by atoms with Crippen molar-refractivity contribution in [3.8, 4) is 0 Å². The number of nitro benzene ring substituents is 1. The maximum Gasteiger partial charge on any atom is 0.421 e. The molecule has 0 radical (unpaired) electrons. The lowest BCUT2D eigenvalue weighted by Gasteiger charge is -2.21. The lowest BCUT2D eigenvalue weighted by molar-refractivity contribution is -0.387. The zero-order valence-electron chi connectivity index (χ0n) is 20.5. The number of sulfonamides is 1. The Hall–Kier alpha value is -3.91. The number of nitrogens with one attached hydrogen (secondary N) is 1. The summed E-state index contributed by atoms with van der Waals surface area (Å²) in [6.07, 6.45) is 2.93. The van der Waals surface area contributed by atoms with E-state index < -0.39 is 48.3 Å². The van der Waals surface area contributed by atoms with Gasteiger partial charge in [0.05, 0.1) is 27.9 Å². The predicted molar refractivity (Wildman–Crippen MR) is 136 cm³/mol. The van der Waals surface area contributed by atoms with Crippen molar-refractivity contribution < 1.29 is 32.8 Å². The Bertz CT molecular complexity index is 1560.